The first kappa shape index (κ1) is 15.6. The van der Waals surface area contributed by atoms with Gasteiger partial charge in [-0.25, -0.2) is 4.99 Å². The minimum Gasteiger partial charge on any atom is -0.377 e. The van der Waals surface area contributed by atoms with Crippen molar-refractivity contribution in [3.05, 3.63) is 22.5 Å². The highest BCUT2D eigenvalue weighted by atomic mass is 35.5. The number of carbonyl (C=O) groups excluding carboxylic acids is 1. The van der Waals surface area contributed by atoms with Crippen molar-refractivity contribution in [2.45, 2.75) is 38.6 Å². The Morgan fingerprint density at radius 1 is 1.45 bits per heavy atom. The molecule has 3 rings (SSSR count). The van der Waals surface area contributed by atoms with Gasteiger partial charge in [-0.1, -0.05) is 31.5 Å². The van der Waals surface area contributed by atoms with Crippen molar-refractivity contribution >= 4 is 23.3 Å². The highest BCUT2D eigenvalue weighted by Gasteiger charge is 2.53. The highest BCUT2D eigenvalue weighted by molar-refractivity contribution is 6.31. The molecule has 6 heteroatoms. The number of amidine groups is 1. The second-order valence-corrected chi connectivity index (χ2v) is 6.29. The van der Waals surface area contributed by atoms with Crippen LogP contribution in [-0.2, 0) is 9.53 Å². The van der Waals surface area contributed by atoms with E-state index >= 15 is 0 Å². The minimum absolute atomic E-state index is 0.0796. The first-order valence-electron chi connectivity index (χ1n) is 7.85. The third kappa shape index (κ3) is 2.10. The molecule has 0 spiro atoms. The monoisotopic (exact) mass is 323 g/mol. The number of hydrogen-bond donors (Lipinski definition) is 0. The summed E-state index contributed by atoms with van der Waals surface area (Å²) in [4.78, 5) is 21.5. The number of ether oxygens (including phenoxy) is 1. The molecule has 0 N–H and O–H groups in total. The van der Waals surface area contributed by atoms with E-state index in [9.17, 15) is 4.79 Å². The van der Waals surface area contributed by atoms with E-state index in [1.807, 2.05) is 14.0 Å². The molecule has 0 radical (unpaired) electrons. The number of carbonyl (C=O) groups is 1. The Kier molecular flexibility index (Phi) is 4.03. The Bertz CT molecular complexity index is 596. The van der Waals surface area contributed by atoms with E-state index in [0.717, 1.165) is 29.9 Å². The summed E-state index contributed by atoms with van der Waals surface area (Å²) in [5.41, 5.74) is 1.31. The minimum atomic E-state index is -0.656. The summed E-state index contributed by atoms with van der Waals surface area (Å²) >= 11 is 6.41. The summed E-state index contributed by atoms with van der Waals surface area (Å²) in [6.07, 6.45) is 4.35. The predicted octanol–water partition coefficient (Wildman–Crippen LogP) is 2.49. The molecule has 1 unspecified atom stereocenters. The molecule has 22 heavy (non-hydrogen) atoms. The summed E-state index contributed by atoms with van der Waals surface area (Å²) in [5.74, 6) is 0.886. The van der Waals surface area contributed by atoms with Crippen LogP contribution in [0.25, 0.3) is 0 Å². The maximum atomic E-state index is 13.0. The van der Waals surface area contributed by atoms with Crippen LogP contribution in [0.3, 0.4) is 0 Å². The molecule has 120 valence electrons. The van der Waals surface area contributed by atoms with Gasteiger partial charge < -0.3 is 14.5 Å². The number of halogens is 1. The van der Waals surface area contributed by atoms with Crippen molar-refractivity contribution in [2.75, 3.05) is 26.8 Å². The number of amides is 1. The van der Waals surface area contributed by atoms with Gasteiger partial charge in [0.1, 0.15) is 10.7 Å². The van der Waals surface area contributed by atoms with Gasteiger partial charge in [0, 0.05) is 13.6 Å². The fourth-order valence-electron chi connectivity index (χ4n) is 3.44. The Morgan fingerprint density at radius 2 is 2.23 bits per heavy atom. The van der Waals surface area contributed by atoms with Crippen molar-refractivity contribution in [3.8, 4) is 0 Å². The molecule has 0 aromatic carbocycles. The van der Waals surface area contributed by atoms with Crippen molar-refractivity contribution in [1.29, 1.82) is 0 Å². The zero-order valence-corrected chi connectivity index (χ0v) is 14.1. The van der Waals surface area contributed by atoms with Crippen molar-refractivity contribution in [3.63, 3.8) is 0 Å². The van der Waals surface area contributed by atoms with Crippen LogP contribution in [-0.4, -0.2) is 53.9 Å². The fourth-order valence-corrected chi connectivity index (χ4v) is 3.73. The Morgan fingerprint density at radius 3 is 2.91 bits per heavy atom. The number of morpholine rings is 1. The third-order valence-electron chi connectivity index (χ3n) is 4.91. The van der Waals surface area contributed by atoms with Crippen LogP contribution in [0, 0.1) is 0 Å². The van der Waals surface area contributed by atoms with Crippen molar-refractivity contribution in [1.82, 2.24) is 9.80 Å². The maximum absolute atomic E-state index is 13.0. The second kappa shape index (κ2) is 5.70. The van der Waals surface area contributed by atoms with Gasteiger partial charge >= 0.3 is 0 Å². The van der Waals surface area contributed by atoms with Gasteiger partial charge in [0.05, 0.1) is 18.9 Å². The van der Waals surface area contributed by atoms with Gasteiger partial charge in [-0.3, -0.25) is 4.79 Å². The number of piperazine rings is 1. The van der Waals surface area contributed by atoms with Crippen LogP contribution >= 0.6 is 11.6 Å². The molecule has 0 saturated carbocycles. The average molecular weight is 324 g/mol. The molecule has 3 heterocycles. The number of aliphatic imine (C=N–C) groups is 1. The lowest BCUT2D eigenvalue weighted by atomic mass is 9.88. The molecule has 3 aliphatic heterocycles. The summed E-state index contributed by atoms with van der Waals surface area (Å²) in [6.45, 7) is 5.77. The second-order valence-electron chi connectivity index (χ2n) is 5.93. The molecule has 2 fully saturated rings. The lowest BCUT2D eigenvalue weighted by Crippen LogP contribution is -2.70. The van der Waals surface area contributed by atoms with Crippen LogP contribution in [0.1, 0.15) is 33.1 Å². The molecular weight excluding hydrogens is 302 g/mol. The molecule has 1 amide bonds. The zero-order chi connectivity index (χ0) is 15.9. The Balaban J connectivity index is 2.15. The van der Waals surface area contributed by atoms with Gasteiger partial charge in [-0.05, 0) is 24.8 Å². The number of rotatable bonds is 2. The van der Waals surface area contributed by atoms with E-state index in [0.29, 0.717) is 31.3 Å². The number of likely N-dealkylation sites (N-methyl/N-ethyl adjacent to an activating group) is 1. The van der Waals surface area contributed by atoms with Crippen molar-refractivity contribution < 1.29 is 9.53 Å². The quantitative estimate of drug-likeness (QED) is 0.733. The summed E-state index contributed by atoms with van der Waals surface area (Å²) in [7, 11) is 1.82. The van der Waals surface area contributed by atoms with E-state index in [2.05, 4.69) is 22.9 Å². The SMILES string of the molecule is CCC1=C(Cl)N=C2C(=CC1)N(C)C(=O)C1(CC)COCCN21. The summed E-state index contributed by atoms with van der Waals surface area (Å²) in [6, 6.07) is 0. The standard InChI is InChI=1S/C16H22ClN3O2/c1-4-11-6-7-12-14(18-13(11)17)20-8-9-22-10-16(20,5-2)15(21)19(12)3/h7H,4-6,8-10H2,1-3H3. The van der Waals surface area contributed by atoms with Gasteiger partial charge in [-0.15, -0.1) is 0 Å². The number of fused-ring (bicyclic) bond motifs is 3. The van der Waals surface area contributed by atoms with Crippen LogP contribution in [0.4, 0.5) is 0 Å². The molecule has 1 atom stereocenters. The van der Waals surface area contributed by atoms with E-state index < -0.39 is 5.54 Å². The molecule has 0 bridgehead atoms. The van der Waals surface area contributed by atoms with E-state index in [1.165, 1.54) is 0 Å². The van der Waals surface area contributed by atoms with Gasteiger partial charge in [0.25, 0.3) is 5.91 Å². The summed E-state index contributed by atoms with van der Waals surface area (Å²) in [5, 5.41) is 0.558. The van der Waals surface area contributed by atoms with Gasteiger partial charge in [0.15, 0.2) is 5.84 Å². The average Bonchev–Trinajstić information content (AvgIpc) is 2.71. The first-order chi connectivity index (χ1) is 10.5. The Hall–Kier alpha value is -1.33. The number of hydrogen-bond acceptors (Lipinski definition) is 4. The molecule has 3 aliphatic rings. The van der Waals surface area contributed by atoms with Gasteiger partial charge in [0.2, 0.25) is 0 Å². The fraction of sp³-hybridized carbons (Fsp3) is 0.625. The molecular formula is C16H22ClN3O2. The lowest BCUT2D eigenvalue weighted by Gasteiger charge is -2.52. The van der Waals surface area contributed by atoms with Crippen LogP contribution in [0.15, 0.2) is 27.5 Å². The van der Waals surface area contributed by atoms with E-state index in [1.54, 1.807) is 4.90 Å². The smallest absolute Gasteiger partial charge is 0.255 e. The van der Waals surface area contributed by atoms with E-state index in [-0.39, 0.29) is 5.91 Å². The maximum Gasteiger partial charge on any atom is 0.255 e. The molecule has 5 nitrogen and oxygen atoms in total. The van der Waals surface area contributed by atoms with Crippen LogP contribution < -0.4 is 0 Å². The van der Waals surface area contributed by atoms with Gasteiger partial charge in [-0.2, -0.15) is 0 Å². The van der Waals surface area contributed by atoms with E-state index in [4.69, 9.17) is 16.3 Å². The molecule has 0 aromatic heterocycles. The normalized spacial score (nSPS) is 28.8. The Labute approximate surface area is 136 Å². The largest absolute Gasteiger partial charge is 0.377 e. The van der Waals surface area contributed by atoms with Crippen LogP contribution in [0.2, 0.25) is 0 Å². The first-order valence-corrected chi connectivity index (χ1v) is 8.23. The molecule has 2 saturated heterocycles. The third-order valence-corrected chi connectivity index (χ3v) is 5.27. The summed E-state index contributed by atoms with van der Waals surface area (Å²) < 4.78 is 5.62. The topological polar surface area (TPSA) is 45.1 Å². The lowest BCUT2D eigenvalue weighted by molar-refractivity contribution is -0.151. The molecule has 0 aromatic rings. The highest BCUT2D eigenvalue weighted by Crippen LogP contribution is 2.37. The van der Waals surface area contributed by atoms with Crippen LogP contribution in [0.5, 0.6) is 0 Å². The van der Waals surface area contributed by atoms with Crippen molar-refractivity contribution in [2.24, 2.45) is 4.99 Å². The molecule has 0 aliphatic carbocycles. The number of allylic oxidation sites excluding steroid dienone is 2. The predicted molar refractivity (Wildman–Crippen MR) is 86.6 cm³/mol. The number of nitrogens with zero attached hydrogens (tertiary/aromatic N) is 3. The zero-order valence-electron chi connectivity index (χ0n) is 13.4.